The molecular weight excluding hydrogens is 722 g/mol. The summed E-state index contributed by atoms with van der Waals surface area (Å²) in [5, 5.41) is 3.07. The summed E-state index contributed by atoms with van der Waals surface area (Å²) >= 11 is 7.02. The van der Waals surface area contributed by atoms with Gasteiger partial charge >= 0.3 is 18.5 Å². The van der Waals surface area contributed by atoms with Crippen LogP contribution in [0.4, 0.5) is 39.5 Å². The molecule has 0 atom stereocenters. The first-order valence-corrected chi connectivity index (χ1v) is 12.8. The van der Waals surface area contributed by atoms with E-state index in [2.05, 4.69) is 5.32 Å². The molecule has 42 heavy (non-hydrogen) atoms. The molecule has 0 aliphatic carbocycles. The lowest BCUT2D eigenvalue weighted by atomic mass is 9.94. The highest BCUT2D eigenvalue weighted by molar-refractivity contribution is 14.1. The molecule has 2 N–H and O–H groups in total. The monoisotopic (exact) mass is 736 g/mol. The van der Waals surface area contributed by atoms with Gasteiger partial charge in [0.15, 0.2) is 5.78 Å². The molecule has 0 aliphatic rings. The van der Waals surface area contributed by atoms with Crippen molar-refractivity contribution in [3.8, 4) is 0 Å². The van der Waals surface area contributed by atoms with Gasteiger partial charge in [0, 0.05) is 14.7 Å². The lowest BCUT2D eigenvalue weighted by Gasteiger charge is -2.17. The number of nitrogens with one attached hydrogen (secondary N) is 2. The Labute approximate surface area is 249 Å². The summed E-state index contributed by atoms with van der Waals surface area (Å²) in [6, 6.07) is 8.37. The van der Waals surface area contributed by atoms with E-state index in [-0.39, 0.29) is 34.0 Å². The summed E-state index contributed by atoms with van der Waals surface area (Å²) in [5.74, 6) is -3.35. The lowest BCUT2D eigenvalue weighted by molar-refractivity contribution is -0.138. The average Bonchev–Trinajstić information content (AvgIpc) is 2.88. The van der Waals surface area contributed by atoms with Crippen LogP contribution in [0.3, 0.4) is 0 Å². The predicted octanol–water partition coefficient (Wildman–Crippen LogP) is 7.35. The molecule has 0 aliphatic heterocycles. The zero-order valence-electron chi connectivity index (χ0n) is 20.5. The van der Waals surface area contributed by atoms with Gasteiger partial charge in [0.05, 0.1) is 22.7 Å². The summed E-state index contributed by atoms with van der Waals surface area (Å²) in [6.07, 6.45) is -14.9. The Morgan fingerprint density at radius 3 is 1.95 bits per heavy atom. The van der Waals surface area contributed by atoms with Crippen molar-refractivity contribution in [2.24, 2.45) is 0 Å². The van der Waals surface area contributed by atoms with Crippen molar-refractivity contribution in [3.63, 3.8) is 0 Å². The minimum absolute atomic E-state index is 0.0222. The van der Waals surface area contributed by atoms with Crippen LogP contribution in [0.1, 0.15) is 31.8 Å². The topological polar surface area (TPSA) is 75.3 Å². The van der Waals surface area contributed by atoms with Gasteiger partial charge in [-0.2, -0.15) is 39.5 Å². The zero-order valence-corrected chi connectivity index (χ0v) is 23.4. The standard InChI is InChI=1S/C26H15ClF9IN2O3/c27-19-8-12(7-18(22(19)37)26(34,35)36)17(25(31,32)33)9-20(40)15-5-6-16(14-4-2-1-3-13(14)15)23(42)38-10-21(41)39-11-24(28,29)30/h1-9H,10-11H2,(H,38,42)(H,39,41)/b17-9-. The molecule has 0 saturated heterocycles. The molecule has 0 unspecified atom stereocenters. The van der Waals surface area contributed by atoms with Crippen LogP contribution in [-0.4, -0.2) is 43.0 Å². The van der Waals surface area contributed by atoms with Gasteiger partial charge in [-0.05, 0) is 69.3 Å². The normalized spacial score (nSPS) is 12.8. The molecule has 0 aromatic heterocycles. The van der Waals surface area contributed by atoms with Gasteiger partial charge in [0.1, 0.15) is 6.54 Å². The second kappa shape index (κ2) is 12.5. The average molecular weight is 737 g/mol. The number of hydrogen-bond donors (Lipinski definition) is 2. The number of rotatable bonds is 7. The van der Waals surface area contributed by atoms with Crippen LogP contribution in [-0.2, 0) is 11.0 Å². The number of halogens is 11. The molecule has 224 valence electrons. The first-order valence-electron chi connectivity index (χ1n) is 11.3. The Balaban J connectivity index is 2.01. The lowest BCUT2D eigenvalue weighted by Crippen LogP contribution is -2.40. The van der Waals surface area contributed by atoms with Crippen LogP contribution in [0, 0.1) is 3.57 Å². The van der Waals surface area contributed by atoms with Crippen LogP contribution in [0.2, 0.25) is 5.02 Å². The van der Waals surface area contributed by atoms with Gasteiger partial charge in [0.25, 0.3) is 5.91 Å². The van der Waals surface area contributed by atoms with Crippen LogP contribution in [0.5, 0.6) is 0 Å². The first kappa shape index (κ1) is 33.2. The summed E-state index contributed by atoms with van der Waals surface area (Å²) < 4.78 is 119. The van der Waals surface area contributed by atoms with Gasteiger partial charge in [-0.1, -0.05) is 35.9 Å². The third-order valence-electron chi connectivity index (χ3n) is 5.56. The number of amides is 2. The molecule has 3 aromatic carbocycles. The largest absolute Gasteiger partial charge is 0.417 e. The molecule has 0 bridgehead atoms. The third kappa shape index (κ3) is 8.14. The number of alkyl halides is 9. The van der Waals surface area contributed by atoms with E-state index in [9.17, 15) is 53.9 Å². The summed E-state index contributed by atoms with van der Waals surface area (Å²) in [5.41, 5.74) is -4.64. The first-order chi connectivity index (χ1) is 19.3. The van der Waals surface area contributed by atoms with Crippen LogP contribution < -0.4 is 10.6 Å². The van der Waals surface area contributed by atoms with Crippen molar-refractivity contribution >= 4 is 68.1 Å². The van der Waals surface area contributed by atoms with E-state index in [0.29, 0.717) is 6.07 Å². The summed E-state index contributed by atoms with van der Waals surface area (Å²) in [7, 11) is 0. The number of hydrogen-bond acceptors (Lipinski definition) is 3. The maximum Gasteiger partial charge on any atom is 0.417 e. The van der Waals surface area contributed by atoms with Crippen molar-refractivity contribution < 1.29 is 53.9 Å². The van der Waals surface area contributed by atoms with Crippen molar-refractivity contribution in [1.29, 1.82) is 0 Å². The molecule has 5 nitrogen and oxygen atoms in total. The van der Waals surface area contributed by atoms with Crippen molar-refractivity contribution in [2.45, 2.75) is 18.5 Å². The molecule has 3 rings (SSSR count). The maximum absolute atomic E-state index is 14.0. The molecule has 2 amide bonds. The Morgan fingerprint density at radius 2 is 1.40 bits per heavy atom. The van der Waals surface area contributed by atoms with Gasteiger partial charge in [-0.15, -0.1) is 0 Å². The SMILES string of the molecule is O=C(CNC(=O)c1ccc(C(=O)/C=C(/c2cc(Cl)c(I)c(C(F)(F)F)c2)C(F)(F)F)c2ccccc12)NCC(F)(F)F. The van der Waals surface area contributed by atoms with Gasteiger partial charge in [0.2, 0.25) is 5.91 Å². The highest BCUT2D eigenvalue weighted by Crippen LogP contribution is 2.42. The van der Waals surface area contributed by atoms with Crippen LogP contribution in [0.15, 0.2) is 54.6 Å². The van der Waals surface area contributed by atoms with Crippen molar-refractivity contribution in [1.82, 2.24) is 10.6 Å². The van der Waals surface area contributed by atoms with Crippen molar-refractivity contribution in [2.75, 3.05) is 13.1 Å². The van der Waals surface area contributed by atoms with E-state index in [1.54, 1.807) is 5.32 Å². The quantitative estimate of drug-likeness (QED) is 0.115. The molecule has 0 heterocycles. The number of allylic oxidation sites excluding steroid dienone is 2. The van der Waals surface area contributed by atoms with E-state index in [4.69, 9.17) is 11.6 Å². The highest BCUT2D eigenvalue weighted by Gasteiger charge is 2.39. The van der Waals surface area contributed by atoms with E-state index < -0.39 is 74.5 Å². The second-order valence-corrected chi connectivity index (χ2v) is 10.0. The smallest absolute Gasteiger partial charge is 0.345 e. The number of carbonyl (C=O) groups is 3. The number of carbonyl (C=O) groups excluding carboxylic acids is 3. The fourth-order valence-corrected chi connectivity index (χ4v) is 4.55. The second-order valence-electron chi connectivity index (χ2n) is 8.52. The number of ketones is 1. The fourth-order valence-electron chi connectivity index (χ4n) is 3.72. The van der Waals surface area contributed by atoms with E-state index >= 15 is 0 Å². The minimum Gasteiger partial charge on any atom is -0.345 e. The van der Waals surface area contributed by atoms with E-state index in [0.717, 1.165) is 12.1 Å². The highest BCUT2D eigenvalue weighted by atomic mass is 127. The predicted molar refractivity (Wildman–Crippen MR) is 143 cm³/mol. The molecular formula is C26H15ClF9IN2O3. The van der Waals surface area contributed by atoms with Crippen LogP contribution >= 0.6 is 34.2 Å². The zero-order chi connectivity index (χ0) is 31.6. The number of fused-ring (bicyclic) bond motifs is 1. The van der Waals surface area contributed by atoms with E-state index in [1.807, 2.05) is 0 Å². The Morgan fingerprint density at radius 1 is 0.833 bits per heavy atom. The molecule has 3 aromatic rings. The maximum atomic E-state index is 14.0. The summed E-state index contributed by atoms with van der Waals surface area (Å²) in [4.78, 5) is 37.4. The minimum atomic E-state index is -5.28. The van der Waals surface area contributed by atoms with Crippen LogP contribution in [0.25, 0.3) is 16.3 Å². The Kier molecular flexibility index (Phi) is 9.86. The number of benzene rings is 3. The van der Waals surface area contributed by atoms with Gasteiger partial charge in [-0.25, -0.2) is 0 Å². The van der Waals surface area contributed by atoms with E-state index in [1.165, 1.54) is 46.9 Å². The fraction of sp³-hybridized carbons (Fsp3) is 0.192. The Hall–Kier alpha value is -3.34. The molecule has 0 spiro atoms. The van der Waals surface area contributed by atoms with Gasteiger partial charge in [-0.3, -0.25) is 14.4 Å². The molecule has 0 radical (unpaired) electrons. The molecule has 16 heteroatoms. The van der Waals surface area contributed by atoms with Gasteiger partial charge < -0.3 is 10.6 Å². The third-order valence-corrected chi connectivity index (χ3v) is 7.33. The Bertz CT molecular complexity index is 1580. The molecule has 0 saturated carbocycles. The summed E-state index contributed by atoms with van der Waals surface area (Å²) in [6.45, 7) is -2.46. The molecule has 0 fully saturated rings. The van der Waals surface area contributed by atoms with Crippen molar-refractivity contribution in [3.05, 3.63) is 85.5 Å².